The van der Waals surface area contributed by atoms with Crippen molar-refractivity contribution in [2.45, 2.75) is 19.6 Å². The van der Waals surface area contributed by atoms with E-state index in [0.717, 1.165) is 5.56 Å². The minimum Gasteiger partial charge on any atom is -0.468 e. The predicted octanol–water partition coefficient (Wildman–Crippen LogP) is 1.36. The molecule has 0 spiro atoms. The summed E-state index contributed by atoms with van der Waals surface area (Å²) in [7, 11) is 1.28. The van der Waals surface area contributed by atoms with E-state index in [4.69, 9.17) is 4.74 Å². The Labute approximate surface area is 111 Å². The molecule has 0 saturated carbocycles. The summed E-state index contributed by atoms with van der Waals surface area (Å²) in [5.74, 6) is -1.77. The maximum atomic E-state index is 11.7. The van der Waals surface area contributed by atoms with Crippen LogP contribution in [0.4, 0.5) is 0 Å². The van der Waals surface area contributed by atoms with Crippen LogP contribution in [-0.2, 0) is 25.6 Å². The molecule has 0 amide bonds. The van der Waals surface area contributed by atoms with Crippen LogP contribution < -0.4 is 0 Å². The van der Waals surface area contributed by atoms with Crippen molar-refractivity contribution in [1.29, 1.82) is 0 Å². The lowest BCUT2D eigenvalue weighted by Gasteiger charge is -2.09. The number of carbonyl (C=O) groups is 2. The second kappa shape index (κ2) is 5.65. The van der Waals surface area contributed by atoms with Gasteiger partial charge in [0.1, 0.15) is 17.7 Å². The number of hydrogen-bond acceptors (Lipinski definition) is 5. The van der Waals surface area contributed by atoms with Crippen molar-refractivity contribution in [2.75, 3.05) is 7.11 Å². The highest BCUT2D eigenvalue weighted by atomic mass is 16.6. The van der Waals surface area contributed by atoms with Gasteiger partial charge in [-0.2, -0.15) is 0 Å². The topological polar surface area (TPSA) is 65.0 Å². The van der Waals surface area contributed by atoms with Crippen molar-refractivity contribution in [3.8, 4) is 0 Å². The summed E-state index contributed by atoms with van der Waals surface area (Å²) < 4.78 is 9.71. The SMILES string of the molecule is COC(=O)C1C(=NCc2ccccc2)C(=O)O[C@@H]1C. The number of ether oxygens (including phenoxy) is 2. The fraction of sp³-hybridized carbons (Fsp3) is 0.357. The molecular weight excluding hydrogens is 246 g/mol. The normalized spacial score (nSPS) is 24.3. The minimum atomic E-state index is -0.735. The van der Waals surface area contributed by atoms with E-state index in [9.17, 15) is 9.59 Å². The van der Waals surface area contributed by atoms with Gasteiger partial charge in [0.25, 0.3) is 0 Å². The number of carbonyl (C=O) groups excluding carboxylic acids is 2. The summed E-state index contributed by atoms with van der Waals surface area (Å²) in [6.45, 7) is 2.00. The number of esters is 2. The van der Waals surface area contributed by atoms with E-state index >= 15 is 0 Å². The van der Waals surface area contributed by atoms with Crippen molar-refractivity contribution < 1.29 is 19.1 Å². The monoisotopic (exact) mass is 261 g/mol. The maximum Gasteiger partial charge on any atom is 0.353 e. The van der Waals surface area contributed by atoms with E-state index in [-0.39, 0.29) is 5.71 Å². The van der Waals surface area contributed by atoms with Crippen molar-refractivity contribution in [1.82, 2.24) is 0 Å². The van der Waals surface area contributed by atoms with E-state index in [0.29, 0.717) is 6.54 Å². The molecule has 0 aliphatic carbocycles. The highest BCUT2D eigenvalue weighted by Gasteiger charge is 2.44. The zero-order valence-corrected chi connectivity index (χ0v) is 10.8. The van der Waals surface area contributed by atoms with E-state index in [2.05, 4.69) is 9.73 Å². The lowest BCUT2D eigenvalue weighted by molar-refractivity contribution is -0.146. The van der Waals surface area contributed by atoms with Crippen molar-refractivity contribution in [3.63, 3.8) is 0 Å². The molecule has 0 aromatic heterocycles. The second-order valence-electron chi connectivity index (χ2n) is 4.30. The molecule has 0 radical (unpaired) electrons. The number of cyclic esters (lactones) is 1. The second-order valence-corrected chi connectivity index (χ2v) is 4.30. The molecule has 1 aliphatic rings. The first kappa shape index (κ1) is 13.3. The first-order valence-corrected chi connectivity index (χ1v) is 6.00. The predicted molar refractivity (Wildman–Crippen MR) is 68.6 cm³/mol. The lowest BCUT2D eigenvalue weighted by Crippen LogP contribution is -2.29. The molecule has 1 fully saturated rings. The zero-order chi connectivity index (χ0) is 13.8. The van der Waals surface area contributed by atoms with Gasteiger partial charge < -0.3 is 9.47 Å². The van der Waals surface area contributed by atoms with Crippen LogP contribution in [0.2, 0.25) is 0 Å². The van der Waals surface area contributed by atoms with E-state index < -0.39 is 24.0 Å². The van der Waals surface area contributed by atoms with Crippen molar-refractivity contribution in [2.24, 2.45) is 10.9 Å². The van der Waals surface area contributed by atoms with E-state index in [1.54, 1.807) is 6.92 Å². The summed E-state index contributed by atoms with van der Waals surface area (Å²) >= 11 is 0. The Morgan fingerprint density at radius 1 is 1.37 bits per heavy atom. The van der Waals surface area contributed by atoms with Gasteiger partial charge in [0.2, 0.25) is 0 Å². The first-order chi connectivity index (χ1) is 9.13. The van der Waals surface area contributed by atoms with Gasteiger partial charge in [0.15, 0.2) is 0 Å². The molecule has 1 aromatic rings. The summed E-state index contributed by atoms with van der Waals surface area (Å²) in [4.78, 5) is 27.5. The van der Waals surface area contributed by atoms with E-state index in [1.165, 1.54) is 7.11 Å². The summed E-state index contributed by atoms with van der Waals surface area (Å²) in [6, 6.07) is 9.49. The van der Waals surface area contributed by atoms with Crippen molar-refractivity contribution in [3.05, 3.63) is 35.9 Å². The summed E-state index contributed by atoms with van der Waals surface area (Å²) in [5, 5.41) is 0. The zero-order valence-electron chi connectivity index (χ0n) is 10.8. The van der Waals surface area contributed by atoms with Crippen LogP contribution in [0.15, 0.2) is 35.3 Å². The molecule has 5 heteroatoms. The molecule has 0 N–H and O–H groups in total. The summed E-state index contributed by atoms with van der Waals surface area (Å²) in [5.41, 5.74) is 1.11. The third-order valence-electron chi connectivity index (χ3n) is 3.00. The molecule has 1 heterocycles. The van der Waals surface area contributed by atoms with Gasteiger partial charge >= 0.3 is 11.9 Å². The summed E-state index contributed by atoms with van der Waals surface area (Å²) in [6.07, 6.45) is -0.533. The highest BCUT2D eigenvalue weighted by Crippen LogP contribution is 2.21. The fourth-order valence-corrected chi connectivity index (χ4v) is 2.00. The van der Waals surface area contributed by atoms with Crippen LogP contribution in [0.25, 0.3) is 0 Å². The van der Waals surface area contributed by atoms with Crippen LogP contribution >= 0.6 is 0 Å². The molecule has 5 nitrogen and oxygen atoms in total. The Kier molecular flexibility index (Phi) is 3.94. The van der Waals surface area contributed by atoms with E-state index in [1.807, 2.05) is 30.3 Å². The Bertz CT molecular complexity index is 509. The van der Waals surface area contributed by atoms with Crippen LogP contribution in [0.3, 0.4) is 0 Å². The Morgan fingerprint density at radius 2 is 2.05 bits per heavy atom. The molecule has 1 unspecified atom stereocenters. The van der Waals surface area contributed by atoms with Gasteiger partial charge in [0, 0.05) is 0 Å². The number of rotatable bonds is 3. The standard InChI is InChI=1S/C14H15NO4/c1-9-11(13(16)18-2)12(14(17)19-9)15-8-10-6-4-3-5-7-10/h3-7,9,11H,8H2,1-2H3/t9-,11?/m1/s1. The number of benzene rings is 1. The average Bonchev–Trinajstić information content (AvgIpc) is 2.71. The molecule has 19 heavy (non-hydrogen) atoms. The van der Waals surface area contributed by atoms with Crippen LogP contribution in [-0.4, -0.2) is 30.9 Å². The fourth-order valence-electron chi connectivity index (χ4n) is 2.00. The third kappa shape index (κ3) is 2.81. The highest BCUT2D eigenvalue weighted by molar-refractivity contribution is 6.42. The molecule has 1 aromatic carbocycles. The molecule has 2 atom stereocenters. The molecule has 100 valence electrons. The quantitative estimate of drug-likeness (QED) is 0.771. The lowest BCUT2D eigenvalue weighted by atomic mass is 10.0. The number of methoxy groups -OCH3 is 1. The van der Waals surface area contributed by atoms with Gasteiger partial charge in [-0.15, -0.1) is 0 Å². The van der Waals surface area contributed by atoms with Gasteiger partial charge in [-0.1, -0.05) is 30.3 Å². The van der Waals surface area contributed by atoms with Crippen LogP contribution in [0.5, 0.6) is 0 Å². The number of nitrogens with zero attached hydrogens (tertiary/aromatic N) is 1. The van der Waals surface area contributed by atoms with Crippen LogP contribution in [0.1, 0.15) is 12.5 Å². The van der Waals surface area contributed by atoms with Gasteiger partial charge in [0.05, 0.1) is 13.7 Å². The first-order valence-electron chi connectivity index (χ1n) is 6.00. The Balaban J connectivity index is 2.20. The largest absolute Gasteiger partial charge is 0.468 e. The Hall–Kier alpha value is -2.17. The average molecular weight is 261 g/mol. The maximum absolute atomic E-state index is 11.7. The molecule has 1 aliphatic heterocycles. The molecule has 0 bridgehead atoms. The molecular formula is C14H15NO4. The van der Waals surface area contributed by atoms with Gasteiger partial charge in [-0.25, -0.2) is 4.79 Å². The van der Waals surface area contributed by atoms with Gasteiger partial charge in [-0.3, -0.25) is 9.79 Å². The minimum absolute atomic E-state index is 0.142. The number of hydrogen-bond donors (Lipinski definition) is 0. The third-order valence-corrected chi connectivity index (χ3v) is 3.00. The van der Waals surface area contributed by atoms with Crippen molar-refractivity contribution >= 4 is 17.7 Å². The van der Waals surface area contributed by atoms with Crippen LogP contribution in [0, 0.1) is 5.92 Å². The van der Waals surface area contributed by atoms with Gasteiger partial charge in [-0.05, 0) is 12.5 Å². The Morgan fingerprint density at radius 3 is 2.68 bits per heavy atom. The molecule has 2 rings (SSSR count). The smallest absolute Gasteiger partial charge is 0.353 e. The number of aliphatic imine (C=N–C) groups is 1. The molecule has 1 saturated heterocycles.